The summed E-state index contributed by atoms with van der Waals surface area (Å²) in [5.41, 5.74) is 6.04. The molecule has 3 amide bonds. The zero-order valence-corrected chi connectivity index (χ0v) is 16.5. The van der Waals surface area contributed by atoms with Crippen molar-refractivity contribution < 1.29 is 56.4 Å². The number of hydroxylamine groups is 2. The van der Waals surface area contributed by atoms with Crippen LogP contribution in [0, 0.1) is 0 Å². The number of primary amides is 1. The van der Waals surface area contributed by atoms with Crippen LogP contribution in [0.1, 0.15) is 22.5 Å². The summed E-state index contributed by atoms with van der Waals surface area (Å²) in [6, 6.07) is 4.55. The Bertz CT molecular complexity index is 991. The molecule has 2 atom stereocenters. The third-order valence-electron chi connectivity index (χ3n) is 4.08. The average Bonchev–Trinajstić information content (AvgIpc) is 2.99. The number of thiophene rings is 1. The Kier molecular flexibility index (Phi) is 4.60. The molecule has 1 aromatic heterocycles. The maximum Gasteiger partial charge on any atom is 1.00 e. The SMILES string of the molecule is NC(=O)[C@@H]1c2c(sc3ccccc23)C2CN1C(=O)N2OS(=O)(=O)[O-].[Na+]. The van der Waals surface area contributed by atoms with Crippen LogP contribution in [0.4, 0.5) is 4.79 Å². The van der Waals surface area contributed by atoms with E-state index in [4.69, 9.17) is 5.73 Å². The van der Waals surface area contributed by atoms with Crippen LogP contribution in [0.15, 0.2) is 24.3 Å². The largest absolute Gasteiger partial charge is 1.00 e. The first-order valence-corrected chi connectivity index (χ1v) is 8.99. The molecule has 2 bridgehead atoms. The first-order chi connectivity index (χ1) is 11.3. The molecule has 1 unspecified atom stereocenters. The summed E-state index contributed by atoms with van der Waals surface area (Å²) in [5, 5.41) is 1.27. The summed E-state index contributed by atoms with van der Waals surface area (Å²) in [4.78, 5) is 26.1. The zero-order chi connectivity index (χ0) is 17.2. The Morgan fingerprint density at radius 2 is 2.04 bits per heavy atom. The van der Waals surface area contributed by atoms with Crippen LogP contribution >= 0.6 is 11.3 Å². The van der Waals surface area contributed by atoms with E-state index in [0.717, 1.165) is 15.0 Å². The Balaban J connectivity index is 0.00000182. The molecule has 2 aliphatic rings. The monoisotopic (exact) mass is 391 g/mol. The third kappa shape index (κ3) is 2.85. The average molecular weight is 391 g/mol. The summed E-state index contributed by atoms with van der Waals surface area (Å²) in [6.45, 7) is 0.0157. The Hall–Kier alpha value is -1.21. The van der Waals surface area contributed by atoms with Crippen molar-refractivity contribution in [2.75, 3.05) is 6.54 Å². The van der Waals surface area contributed by atoms with Crippen molar-refractivity contribution in [1.29, 1.82) is 0 Å². The molecule has 0 saturated carbocycles. The van der Waals surface area contributed by atoms with Gasteiger partial charge in [-0.05, 0) is 11.5 Å². The number of nitrogens with two attached hydrogens (primary N) is 1. The molecule has 1 aromatic carbocycles. The van der Waals surface area contributed by atoms with Crippen LogP contribution in [0.2, 0.25) is 0 Å². The van der Waals surface area contributed by atoms with Crippen LogP contribution in [0.5, 0.6) is 0 Å². The van der Waals surface area contributed by atoms with E-state index in [0.29, 0.717) is 15.5 Å². The number of carbonyl (C=O) groups excluding carboxylic acids is 2. The number of hydrogen-bond acceptors (Lipinski definition) is 7. The molecule has 4 rings (SSSR count). The van der Waals surface area contributed by atoms with E-state index < -0.39 is 34.4 Å². The fraction of sp³-hybridized carbons (Fsp3) is 0.231. The first kappa shape index (κ1) is 18.6. The van der Waals surface area contributed by atoms with Crippen molar-refractivity contribution in [3.63, 3.8) is 0 Å². The zero-order valence-electron chi connectivity index (χ0n) is 12.9. The molecule has 12 heteroatoms. The van der Waals surface area contributed by atoms with Crippen molar-refractivity contribution in [2.45, 2.75) is 12.1 Å². The van der Waals surface area contributed by atoms with Gasteiger partial charge in [0, 0.05) is 15.1 Å². The van der Waals surface area contributed by atoms with Gasteiger partial charge >= 0.3 is 35.6 Å². The minimum atomic E-state index is -5.13. The van der Waals surface area contributed by atoms with Gasteiger partial charge in [-0.1, -0.05) is 18.2 Å². The fourth-order valence-electron chi connectivity index (χ4n) is 3.25. The maximum absolute atomic E-state index is 12.4. The normalized spacial score (nSPS) is 22.0. The number of urea groups is 1. The summed E-state index contributed by atoms with van der Waals surface area (Å²) >= 11 is 1.31. The second-order valence-electron chi connectivity index (χ2n) is 5.44. The summed E-state index contributed by atoms with van der Waals surface area (Å²) in [7, 11) is -5.13. The van der Waals surface area contributed by atoms with Crippen molar-refractivity contribution in [1.82, 2.24) is 9.96 Å². The van der Waals surface area contributed by atoms with Gasteiger partial charge in [0.2, 0.25) is 16.3 Å². The second-order valence-corrected chi connectivity index (χ2v) is 7.49. The van der Waals surface area contributed by atoms with E-state index >= 15 is 0 Å². The predicted molar refractivity (Wildman–Crippen MR) is 81.2 cm³/mol. The van der Waals surface area contributed by atoms with Crippen molar-refractivity contribution in [3.8, 4) is 0 Å². The summed E-state index contributed by atoms with van der Waals surface area (Å²) in [5.74, 6) is -0.738. The molecule has 2 aromatic rings. The second kappa shape index (κ2) is 6.20. The molecule has 3 heterocycles. The van der Waals surface area contributed by atoms with E-state index in [9.17, 15) is 22.6 Å². The predicted octanol–water partition coefficient (Wildman–Crippen LogP) is -2.38. The Morgan fingerprint density at radius 1 is 1.36 bits per heavy atom. The first-order valence-electron chi connectivity index (χ1n) is 6.84. The van der Waals surface area contributed by atoms with Gasteiger partial charge in [0.05, 0.1) is 6.54 Å². The Labute approximate surface area is 168 Å². The number of rotatable bonds is 3. The molecule has 2 aliphatic heterocycles. The molecule has 2 N–H and O–H groups in total. The third-order valence-corrected chi connectivity index (χ3v) is 5.71. The number of hydrogen-bond donors (Lipinski definition) is 1. The topological polar surface area (TPSA) is 133 Å². The molecule has 0 spiro atoms. The maximum atomic E-state index is 12.4. The number of fused-ring (bicyclic) bond motifs is 6. The minimum Gasteiger partial charge on any atom is -0.724 e. The molecule has 1 fully saturated rings. The van der Waals surface area contributed by atoms with Crippen molar-refractivity contribution in [2.24, 2.45) is 5.73 Å². The fourth-order valence-corrected chi connectivity index (χ4v) is 4.93. The molecule has 9 nitrogen and oxygen atoms in total. The van der Waals surface area contributed by atoms with E-state index in [1.807, 2.05) is 12.1 Å². The molecular weight excluding hydrogens is 381 g/mol. The van der Waals surface area contributed by atoms with Crippen LogP contribution in [0.3, 0.4) is 0 Å². The van der Waals surface area contributed by atoms with E-state index in [2.05, 4.69) is 4.28 Å². The Morgan fingerprint density at radius 3 is 2.68 bits per heavy atom. The van der Waals surface area contributed by atoms with Gasteiger partial charge < -0.3 is 15.2 Å². The number of carbonyl (C=O) groups is 2. The molecular formula is C13H10N3NaO6S2. The molecule has 25 heavy (non-hydrogen) atoms. The number of amides is 3. The molecule has 0 radical (unpaired) electrons. The van der Waals surface area contributed by atoms with Gasteiger partial charge in [0.25, 0.3) is 0 Å². The van der Waals surface area contributed by atoms with Crippen molar-refractivity contribution in [3.05, 3.63) is 34.7 Å². The van der Waals surface area contributed by atoms with Crippen LogP contribution in [0.25, 0.3) is 10.1 Å². The molecule has 0 aliphatic carbocycles. The van der Waals surface area contributed by atoms with E-state index in [1.165, 1.54) is 11.3 Å². The summed E-state index contributed by atoms with van der Waals surface area (Å²) in [6.07, 6.45) is 0. The van der Waals surface area contributed by atoms with E-state index in [-0.39, 0.29) is 36.1 Å². The van der Waals surface area contributed by atoms with Crippen molar-refractivity contribution >= 4 is 43.8 Å². The smallest absolute Gasteiger partial charge is 0.724 e. The van der Waals surface area contributed by atoms with Crippen LogP contribution in [-0.4, -0.2) is 41.4 Å². The number of nitrogens with zero attached hydrogens (tertiary/aromatic N) is 2. The van der Waals surface area contributed by atoms with Gasteiger partial charge in [-0.15, -0.1) is 11.3 Å². The van der Waals surface area contributed by atoms with E-state index in [1.54, 1.807) is 12.1 Å². The van der Waals surface area contributed by atoms with Gasteiger partial charge in [-0.3, -0.25) is 4.79 Å². The van der Waals surface area contributed by atoms with Gasteiger partial charge in [0.1, 0.15) is 12.1 Å². The van der Waals surface area contributed by atoms with Crippen LogP contribution < -0.4 is 35.3 Å². The quantitative estimate of drug-likeness (QED) is 0.353. The van der Waals surface area contributed by atoms with Crippen LogP contribution in [-0.2, 0) is 19.5 Å². The standard InChI is InChI=1S/C13H11N3O6S2.Na/c14-12(17)10-9-6-3-1-2-4-8(6)23-11(9)7-5-15(10)13(18)16(7)22-24(19,20)21;/h1-4,7,10H,5H2,(H2,14,17)(H,19,20,21);/q;+1/p-1/t7?,10-;/m0./s1. The molecule has 126 valence electrons. The minimum absolute atomic E-state index is 0. The summed E-state index contributed by atoms with van der Waals surface area (Å²) < 4.78 is 38.0. The molecule has 1 saturated heterocycles. The van der Waals surface area contributed by atoms with Gasteiger partial charge in [-0.25, -0.2) is 13.2 Å². The van der Waals surface area contributed by atoms with Gasteiger partial charge in [-0.2, -0.15) is 9.35 Å². The van der Waals surface area contributed by atoms with Gasteiger partial charge in [0.15, 0.2) is 0 Å². The number of benzene rings is 1.